The van der Waals surface area contributed by atoms with Crippen LogP contribution >= 0.6 is 0 Å². The molecule has 1 unspecified atom stereocenters. The van der Waals surface area contributed by atoms with E-state index in [0.717, 1.165) is 11.5 Å². The molecule has 0 radical (unpaired) electrons. The van der Waals surface area contributed by atoms with Crippen molar-refractivity contribution < 1.29 is 27.7 Å². The van der Waals surface area contributed by atoms with E-state index < -0.39 is 38.6 Å². The van der Waals surface area contributed by atoms with Crippen LogP contribution in [-0.4, -0.2) is 49.1 Å². The average Bonchev–Trinajstić information content (AvgIpc) is 3.00. The number of carbonyl (C=O) groups excluding carboxylic acids is 3. The Hall–Kier alpha value is -5.10. The number of nitrogens with two attached hydrogens (primary N) is 1. The van der Waals surface area contributed by atoms with Crippen LogP contribution in [0.3, 0.4) is 0 Å². The van der Waals surface area contributed by atoms with Crippen LogP contribution in [0.15, 0.2) is 95.9 Å². The second-order valence-corrected chi connectivity index (χ2v) is 11.5. The van der Waals surface area contributed by atoms with Crippen LogP contribution in [-0.2, 0) is 26.0 Å². The van der Waals surface area contributed by atoms with Crippen molar-refractivity contribution in [3.8, 4) is 0 Å². The zero-order chi connectivity index (χ0) is 31.3. The van der Waals surface area contributed by atoms with Crippen molar-refractivity contribution in [1.29, 1.82) is 0 Å². The maximum Gasteiger partial charge on any atom is 0.272 e. The maximum atomic E-state index is 14.1. The molecule has 0 saturated carbocycles. The minimum atomic E-state index is -4.53. The Kier molecular flexibility index (Phi) is 9.20. The Morgan fingerprint density at radius 3 is 2.12 bits per heavy atom. The van der Waals surface area contributed by atoms with Crippen LogP contribution in [0.4, 0.5) is 11.4 Å². The summed E-state index contributed by atoms with van der Waals surface area (Å²) in [4.78, 5) is 50.9. The van der Waals surface area contributed by atoms with Crippen molar-refractivity contribution in [2.45, 2.75) is 25.2 Å². The number of non-ortho nitro benzene ring substituents is 1. The lowest BCUT2D eigenvalue weighted by atomic mass is 9.97. The first-order valence-corrected chi connectivity index (χ1v) is 14.9. The molecule has 0 aliphatic rings. The Morgan fingerprint density at radius 1 is 0.860 bits per heavy atom. The second-order valence-electron chi connectivity index (χ2n) is 9.73. The third-order valence-electron chi connectivity index (χ3n) is 7.07. The van der Waals surface area contributed by atoms with Gasteiger partial charge in [0.25, 0.3) is 21.6 Å². The molecule has 43 heavy (non-hydrogen) atoms. The van der Waals surface area contributed by atoms with Gasteiger partial charge in [0.05, 0.1) is 15.5 Å². The van der Waals surface area contributed by atoms with Crippen LogP contribution in [0.2, 0.25) is 0 Å². The molecule has 0 fully saturated rings. The predicted octanol–water partition coefficient (Wildman–Crippen LogP) is 4.30. The van der Waals surface area contributed by atoms with Gasteiger partial charge in [-0.15, -0.1) is 0 Å². The SMILES string of the molecule is CCN(CC)C(=O)C(Cc1ccc(N(C(=O)c2cccc([N+](=O)[O-])c2)S(=O)(=O)c2ccc3ccccc3c2)cc1)C(N)=O. The topological polar surface area (TPSA) is 161 Å². The summed E-state index contributed by atoms with van der Waals surface area (Å²) >= 11 is 0. The molecule has 0 aromatic heterocycles. The Bertz CT molecular complexity index is 1800. The Balaban J connectivity index is 1.78. The number of primary amides is 1. The number of nitro benzene ring substituents is 1. The van der Waals surface area contributed by atoms with Gasteiger partial charge in [-0.3, -0.25) is 24.5 Å². The van der Waals surface area contributed by atoms with E-state index in [4.69, 9.17) is 5.73 Å². The van der Waals surface area contributed by atoms with Crippen LogP contribution in [0.1, 0.15) is 29.8 Å². The van der Waals surface area contributed by atoms with Crippen molar-refractivity contribution in [1.82, 2.24) is 4.90 Å². The zero-order valence-corrected chi connectivity index (χ0v) is 24.4. The quantitative estimate of drug-likeness (QED) is 0.152. The highest BCUT2D eigenvalue weighted by Crippen LogP contribution is 2.30. The van der Waals surface area contributed by atoms with Crippen LogP contribution in [0.5, 0.6) is 0 Å². The number of nitrogens with zero attached hydrogens (tertiary/aromatic N) is 3. The van der Waals surface area contributed by atoms with Gasteiger partial charge in [0.15, 0.2) is 0 Å². The summed E-state index contributed by atoms with van der Waals surface area (Å²) in [5.41, 5.74) is 5.43. The number of sulfonamides is 1. The van der Waals surface area contributed by atoms with Gasteiger partial charge < -0.3 is 10.6 Å². The van der Waals surface area contributed by atoms with E-state index in [1.54, 1.807) is 32.0 Å². The molecule has 0 aliphatic heterocycles. The minimum absolute atomic E-state index is 0.0266. The molecule has 0 aliphatic carbocycles. The molecular weight excluding hydrogens is 572 g/mol. The largest absolute Gasteiger partial charge is 0.369 e. The van der Waals surface area contributed by atoms with E-state index in [0.29, 0.717) is 28.3 Å². The second kappa shape index (κ2) is 12.8. The lowest BCUT2D eigenvalue weighted by molar-refractivity contribution is -0.384. The summed E-state index contributed by atoms with van der Waals surface area (Å²) in [7, 11) is -4.53. The molecule has 0 bridgehead atoms. The van der Waals surface area contributed by atoms with Crippen molar-refractivity contribution >= 4 is 49.9 Å². The highest BCUT2D eigenvalue weighted by atomic mass is 32.2. The number of amides is 3. The van der Waals surface area contributed by atoms with Crippen molar-refractivity contribution in [2.75, 3.05) is 17.4 Å². The number of hydrogen-bond donors (Lipinski definition) is 1. The number of nitro groups is 1. The van der Waals surface area contributed by atoms with E-state index in [2.05, 4.69) is 0 Å². The molecule has 11 nitrogen and oxygen atoms in total. The summed E-state index contributed by atoms with van der Waals surface area (Å²) in [5, 5.41) is 12.8. The molecular formula is C31H30N4O7S. The number of fused-ring (bicyclic) bond motifs is 1. The molecule has 222 valence electrons. The fourth-order valence-electron chi connectivity index (χ4n) is 4.74. The van der Waals surface area contributed by atoms with Gasteiger partial charge in [-0.1, -0.05) is 48.5 Å². The minimum Gasteiger partial charge on any atom is -0.369 e. The molecule has 1 atom stereocenters. The monoisotopic (exact) mass is 602 g/mol. The van der Waals surface area contributed by atoms with Crippen molar-refractivity contribution in [3.05, 3.63) is 112 Å². The fraction of sp³-hybridized carbons (Fsp3) is 0.194. The standard InChI is InChI=1S/C31H30N4O7S/c1-3-33(4-2)31(38)28(29(32)36)18-21-12-15-25(16-13-21)34(30(37)24-10-7-11-26(19-24)35(39)40)43(41,42)27-17-14-22-8-5-6-9-23(22)20-27/h5-17,19-20,28H,3-4,18H2,1-2H3,(H2,32,36). The molecule has 0 spiro atoms. The van der Waals surface area contributed by atoms with Crippen LogP contribution in [0, 0.1) is 16.0 Å². The highest BCUT2D eigenvalue weighted by Gasteiger charge is 2.33. The number of hydrogen-bond acceptors (Lipinski definition) is 7. The van der Waals surface area contributed by atoms with E-state index in [9.17, 15) is 32.9 Å². The van der Waals surface area contributed by atoms with Gasteiger partial charge in [0, 0.05) is 30.8 Å². The van der Waals surface area contributed by atoms with Crippen molar-refractivity contribution in [3.63, 3.8) is 0 Å². The van der Waals surface area contributed by atoms with Crippen molar-refractivity contribution in [2.24, 2.45) is 11.7 Å². The normalized spacial score (nSPS) is 12.0. The molecule has 0 heterocycles. The third kappa shape index (κ3) is 6.54. The lowest BCUT2D eigenvalue weighted by Gasteiger charge is -2.24. The van der Waals surface area contributed by atoms with E-state index in [1.807, 2.05) is 12.1 Å². The van der Waals surface area contributed by atoms with Crippen LogP contribution in [0.25, 0.3) is 10.8 Å². The van der Waals surface area contributed by atoms with Gasteiger partial charge in [0.1, 0.15) is 5.92 Å². The highest BCUT2D eigenvalue weighted by molar-refractivity contribution is 7.93. The lowest BCUT2D eigenvalue weighted by Crippen LogP contribution is -2.42. The average molecular weight is 603 g/mol. The summed E-state index contributed by atoms with van der Waals surface area (Å²) in [5.74, 6) is -3.34. The number of carbonyl (C=O) groups is 3. The van der Waals surface area contributed by atoms with Crippen LogP contribution < -0.4 is 10.0 Å². The number of anilines is 1. The van der Waals surface area contributed by atoms with Gasteiger partial charge in [0.2, 0.25) is 11.8 Å². The molecule has 2 N–H and O–H groups in total. The predicted molar refractivity (Wildman–Crippen MR) is 162 cm³/mol. The molecule has 0 saturated heterocycles. The molecule has 4 aromatic carbocycles. The number of benzene rings is 4. The number of rotatable bonds is 11. The smallest absolute Gasteiger partial charge is 0.272 e. The molecule has 4 rings (SSSR count). The first kappa shape index (κ1) is 30.8. The van der Waals surface area contributed by atoms with Gasteiger partial charge >= 0.3 is 0 Å². The van der Waals surface area contributed by atoms with Gasteiger partial charge in [-0.2, -0.15) is 4.31 Å². The van der Waals surface area contributed by atoms with E-state index in [1.165, 1.54) is 59.5 Å². The summed E-state index contributed by atoms with van der Waals surface area (Å²) in [6, 6.07) is 22.2. The first-order valence-electron chi connectivity index (χ1n) is 13.5. The molecule has 12 heteroatoms. The molecule has 3 amide bonds. The summed E-state index contributed by atoms with van der Waals surface area (Å²) in [6.45, 7) is 4.38. The first-order chi connectivity index (χ1) is 20.5. The Labute approximate surface area is 248 Å². The van der Waals surface area contributed by atoms with Gasteiger partial charge in [-0.05, 0) is 66.9 Å². The summed E-state index contributed by atoms with van der Waals surface area (Å²) < 4.78 is 28.7. The maximum absolute atomic E-state index is 14.1. The van der Waals surface area contributed by atoms with E-state index in [-0.39, 0.29) is 28.3 Å². The fourth-order valence-corrected chi connectivity index (χ4v) is 6.19. The summed E-state index contributed by atoms with van der Waals surface area (Å²) in [6.07, 6.45) is -0.0266. The van der Waals surface area contributed by atoms with E-state index >= 15 is 0 Å². The molecule has 4 aromatic rings. The third-order valence-corrected chi connectivity index (χ3v) is 8.78. The van der Waals surface area contributed by atoms with Gasteiger partial charge in [-0.25, -0.2) is 8.42 Å². The Morgan fingerprint density at radius 2 is 1.51 bits per heavy atom. The zero-order valence-electron chi connectivity index (χ0n) is 23.5.